The van der Waals surface area contributed by atoms with Crippen LogP contribution < -0.4 is 0 Å². The molecule has 2 nitrogen and oxygen atoms in total. The summed E-state index contributed by atoms with van der Waals surface area (Å²) in [5.41, 5.74) is 0.918. The van der Waals surface area contributed by atoms with Crippen LogP contribution >= 0.6 is 0 Å². The Morgan fingerprint density at radius 1 is 1.31 bits per heavy atom. The maximum absolute atomic E-state index is 11.3. The van der Waals surface area contributed by atoms with E-state index in [9.17, 15) is 4.79 Å². The molecule has 69 valence electrons. The largest absolute Gasteiger partial charge is 0.465 e. The zero-order valence-electron chi connectivity index (χ0n) is 7.91. The van der Waals surface area contributed by atoms with Crippen molar-refractivity contribution in [2.75, 3.05) is 6.61 Å². The van der Waals surface area contributed by atoms with Gasteiger partial charge in [0.1, 0.15) is 5.92 Å². The molecule has 1 rings (SSSR count). The van der Waals surface area contributed by atoms with E-state index in [-0.39, 0.29) is 5.97 Å². The van der Waals surface area contributed by atoms with Crippen molar-refractivity contribution in [1.29, 1.82) is 0 Å². The summed E-state index contributed by atoms with van der Waals surface area (Å²) in [4.78, 5) is 11.3. The minimum absolute atomic E-state index is 0.242. The van der Waals surface area contributed by atoms with Crippen LogP contribution in [-0.2, 0) is 9.53 Å². The second kappa shape index (κ2) is 4.65. The molecular weight excluding hydrogens is 164 g/mol. The van der Waals surface area contributed by atoms with Crippen LogP contribution in [0.25, 0.3) is 0 Å². The predicted octanol–water partition coefficient (Wildman–Crippen LogP) is 2.19. The van der Waals surface area contributed by atoms with Crippen molar-refractivity contribution in [3.8, 4) is 0 Å². The Morgan fingerprint density at radius 2 is 1.92 bits per heavy atom. The van der Waals surface area contributed by atoms with Crippen molar-refractivity contribution in [2.45, 2.75) is 13.8 Å². The lowest BCUT2D eigenvalue weighted by atomic mass is 10.0. The molecule has 0 fully saturated rings. The van der Waals surface area contributed by atoms with Crippen LogP contribution in [0.1, 0.15) is 19.4 Å². The van der Waals surface area contributed by atoms with E-state index in [0.29, 0.717) is 12.5 Å². The Kier molecular flexibility index (Phi) is 3.50. The molecule has 0 N–H and O–H groups in total. The van der Waals surface area contributed by atoms with Gasteiger partial charge >= 0.3 is 5.97 Å². The Bertz CT molecular complexity index is 267. The van der Waals surface area contributed by atoms with Gasteiger partial charge in [-0.05, 0) is 19.4 Å². The molecule has 0 aromatic heterocycles. The SMILES string of the molecule is CCOC(=O)[C](C)c1ccccc1. The van der Waals surface area contributed by atoms with Gasteiger partial charge in [0.15, 0.2) is 0 Å². The fourth-order valence-corrected chi connectivity index (χ4v) is 1.05. The first kappa shape index (κ1) is 9.78. The van der Waals surface area contributed by atoms with E-state index in [1.807, 2.05) is 30.3 Å². The zero-order chi connectivity index (χ0) is 9.68. The summed E-state index contributed by atoms with van der Waals surface area (Å²) in [7, 11) is 0. The van der Waals surface area contributed by atoms with E-state index in [1.54, 1.807) is 13.8 Å². The van der Waals surface area contributed by atoms with Gasteiger partial charge in [0.05, 0.1) is 6.61 Å². The maximum atomic E-state index is 11.3. The smallest absolute Gasteiger partial charge is 0.317 e. The van der Waals surface area contributed by atoms with E-state index in [2.05, 4.69) is 0 Å². The molecule has 0 unspecified atom stereocenters. The standard InChI is InChI=1S/C11H13O2/c1-3-13-11(12)9(2)10-7-5-4-6-8-10/h4-8H,3H2,1-2H3. The number of hydrogen-bond donors (Lipinski definition) is 0. The topological polar surface area (TPSA) is 26.3 Å². The van der Waals surface area contributed by atoms with Crippen LogP contribution in [0.5, 0.6) is 0 Å². The van der Waals surface area contributed by atoms with Crippen LogP contribution in [0.4, 0.5) is 0 Å². The zero-order valence-corrected chi connectivity index (χ0v) is 7.91. The van der Waals surface area contributed by atoms with Crippen LogP contribution in [0.15, 0.2) is 30.3 Å². The molecule has 13 heavy (non-hydrogen) atoms. The van der Waals surface area contributed by atoms with E-state index >= 15 is 0 Å². The highest BCUT2D eigenvalue weighted by molar-refractivity contribution is 5.88. The van der Waals surface area contributed by atoms with Gasteiger partial charge in [0.25, 0.3) is 0 Å². The predicted molar refractivity (Wildman–Crippen MR) is 51.1 cm³/mol. The van der Waals surface area contributed by atoms with Crippen molar-refractivity contribution in [3.05, 3.63) is 41.8 Å². The third-order valence-corrected chi connectivity index (χ3v) is 1.79. The molecule has 2 heteroatoms. The monoisotopic (exact) mass is 177 g/mol. The highest BCUT2D eigenvalue weighted by Gasteiger charge is 2.16. The molecule has 0 saturated heterocycles. The lowest BCUT2D eigenvalue weighted by Crippen LogP contribution is -2.13. The molecular formula is C11H13O2. The van der Waals surface area contributed by atoms with E-state index in [1.165, 1.54) is 0 Å². The lowest BCUT2D eigenvalue weighted by Gasteiger charge is -2.08. The summed E-state index contributed by atoms with van der Waals surface area (Å²) in [5.74, 6) is 0.413. The molecule has 0 heterocycles. The van der Waals surface area contributed by atoms with E-state index < -0.39 is 0 Å². The van der Waals surface area contributed by atoms with Gasteiger partial charge < -0.3 is 4.74 Å². The number of carbonyl (C=O) groups excluding carboxylic acids is 1. The summed E-state index contributed by atoms with van der Waals surface area (Å²) in [5, 5.41) is 0. The first-order chi connectivity index (χ1) is 6.25. The fraction of sp³-hybridized carbons (Fsp3) is 0.273. The second-order valence-corrected chi connectivity index (χ2v) is 2.71. The number of carbonyl (C=O) groups is 1. The molecule has 0 bridgehead atoms. The quantitative estimate of drug-likeness (QED) is 0.661. The van der Waals surface area contributed by atoms with E-state index in [0.717, 1.165) is 5.56 Å². The molecule has 1 aromatic rings. The van der Waals surface area contributed by atoms with Gasteiger partial charge in [-0.3, -0.25) is 4.79 Å². The van der Waals surface area contributed by atoms with Crippen molar-refractivity contribution in [2.24, 2.45) is 0 Å². The van der Waals surface area contributed by atoms with Gasteiger partial charge in [-0.15, -0.1) is 0 Å². The number of benzene rings is 1. The Labute approximate surface area is 78.5 Å². The number of esters is 1. The van der Waals surface area contributed by atoms with Crippen LogP contribution in [0.3, 0.4) is 0 Å². The lowest BCUT2D eigenvalue weighted by molar-refractivity contribution is -0.140. The van der Waals surface area contributed by atoms with Gasteiger partial charge in [-0.25, -0.2) is 0 Å². The molecule has 0 aliphatic carbocycles. The van der Waals surface area contributed by atoms with Crippen LogP contribution in [0.2, 0.25) is 0 Å². The minimum Gasteiger partial charge on any atom is -0.465 e. The first-order valence-electron chi connectivity index (χ1n) is 4.31. The van der Waals surface area contributed by atoms with Gasteiger partial charge in [-0.2, -0.15) is 0 Å². The van der Waals surface area contributed by atoms with Crippen molar-refractivity contribution in [3.63, 3.8) is 0 Å². The van der Waals surface area contributed by atoms with Gasteiger partial charge in [-0.1, -0.05) is 30.3 Å². The highest BCUT2D eigenvalue weighted by Crippen LogP contribution is 2.14. The second-order valence-electron chi connectivity index (χ2n) is 2.71. The van der Waals surface area contributed by atoms with Crippen LogP contribution in [0, 0.1) is 5.92 Å². The Balaban J connectivity index is 2.68. The average Bonchev–Trinajstić information content (AvgIpc) is 2.18. The molecule has 0 spiro atoms. The molecule has 1 aromatic carbocycles. The van der Waals surface area contributed by atoms with Crippen molar-refractivity contribution < 1.29 is 9.53 Å². The molecule has 0 aliphatic rings. The number of ether oxygens (including phenoxy) is 1. The molecule has 0 amide bonds. The maximum Gasteiger partial charge on any atom is 0.317 e. The molecule has 0 atom stereocenters. The molecule has 0 saturated carbocycles. The summed E-state index contributed by atoms with van der Waals surface area (Å²) in [6.45, 7) is 3.99. The summed E-state index contributed by atoms with van der Waals surface area (Å²) in [6.07, 6.45) is 0. The van der Waals surface area contributed by atoms with Crippen molar-refractivity contribution in [1.82, 2.24) is 0 Å². The highest BCUT2D eigenvalue weighted by atomic mass is 16.5. The minimum atomic E-state index is -0.242. The number of rotatable bonds is 3. The van der Waals surface area contributed by atoms with Gasteiger partial charge in [0.2, 0.25) is 0 Å². The fourth-order valence-electron chi connectivity index (χ4n) is 1.05. The van der Waals surface area contributed by atoms with Crippen molar-refractivity contribution >= 4 is 5.97 Å². The van der Waals surface area contributed by atoms with E-state index in [4.69, 9.17) is 4.74 Å². The summed E-state index contributed by atoms with van der Waals surface area (Å²) < 4.78 is 4.88. The van der Waals surface area contributed by atoms with Crippen LogP contribution in [-0.4, -0.2) is 12.6 Å². The average molecular weight is 177 g/mol. The summed E-state index contributed by atoms with van der Waals surface area (Å²) >= 11 is 0. The molecule has 1 radical (unpaired) electrons. The normalized spacial score (nSPS) is 10.1. The molecule has 0 aliphatic heterocycles. The summed E-state index contributed by atoms with van der Waals surface area (Å²) in [6, 6.07) is 9.51. The number of hydrogen-bond acceptors (Lipinski definition) is 2. The Morgan fingerprint density at radius 3 is 2.46 bits per heavy atom. The van der Waals surface area contributed by atoms with Gasteiger partial charge in [0, 0.05) is 0 Å². The Hall–Kier alpha value is -1.31. The third-order valence-electron chi connectivity index (χ3n) is 1.79. The third kappa shape index (κ3) is 2.58. The first-order valence-corrected chi connectivity index (χ1v) is 4.31.